The van der Waals surface area contributed by atoms with E-state index in [2.05, 4.69) is 5.32 Å². The Balaban J connectivity index is 1.71. The zero-order valence-corrected chi connectivity index (χ0v) is 19.9. The van der Waals surface area contributed by atoms with Crippen molar-refractivity contribution in [1.29, 1.82) is 0 Å². The Bertz CT molecular complexity index is 1470. The Morgan fingerprint density at radius 3 is 2.24 bits per heavy atom. The predicted octanol–water partition coefficient (Wildman–Crippen LogP) is 5.70. The van der Waals surface area contributed by atoms with Crippen LogP contribution >= 0.6 is 23.2 Å². The van der Waals surface area contributed by atoms with E-state index in [4.69, 9.17) is 27.9 Å². The summed E-state index contributed by atoms with van der Waals surface area (Å²) in [6, 6.07) is 21.0. The van der Waals surface area contributed by atoms with Crippen LogP contribution in [0.2, 0.25) is 10.0 Å². The van der Waals surface area contributed by atoms with Crippen molar-refractivity contribution in [3.8, 4) is 11.1 Å². The van der Waals surface area contributed by atoms with Crippen molar-refractivity contribution in [2.24, 2.45) is 7.05 Å². The molecule has 1 N–H and O–H groups in total. The van der Waals surface area contributed by atoms with E-state index in [1.807, 2.05) is 30.3 Å². The molecular weight excluding hydrogens is 475 g/mol. The number of benzene rings is 3. The molecule has 0 radical (unpaired) electrons. The SMILES string of the molecule is CC(OC(=O)c1c(-c2ccccc2)c2ccccc2c(=O)n1C)C(=O)Nc1ccc(Cl)c(Cl)c1. The number of nitrogens with zero attached hydrogens (tertiary/aromatic N) is 1. The van der Waals surface area contributed by atoms with Gasteiger partial charge in [-0.3, -0.25) is 9.59 Å². The third kappa shape index (κ3) is 4.55. The lowest BCUT2D eigenvalue weighted by Crippen LogP contribution is -2.32. The van der Waals surface area contributed by atoms with Gasteiger partial charge >= 0.3 is 5.97 Å². The molecule has 6 nitrogen and oxygen atoms in total. The van der Waals surface area contributed by atoms with Crippen molar-refractivity contribution in [1.82, 2.24) is 4.57 Å². The number of esters is 1. The normalized spacial score (nSPS) is 11.8. The highest BCUT2D eigenvalue weighted by molar-refractivity contribution is 6.42. The van der Waals surface area contributed by atoms with Gasteiger partial charge in [-0.25, -0.2) is 4.79 Å². The Labute approximate surface area is 205 Å². The van der Waals surface area contributed by atoms with Gasteiger partial charge in [-0.1, -0.05) is 71.7 Å². The maximum Gasteiger partial charge on any atom is 0.356 e. The van der Waals surface area contributed by atoms with Gasteiger partial charge in [-0.05, 0) is 42.1 Å². The molecule has 34 heavy (non-hydrogen) atoms. The maximum absolute atomic E-state index is 13.3. The summed E-state index contributed by atoms with van der Waals surface area (Å²) in [5.74, 6) is -1.35. The lowest BCUT2D eigenvalue weighted by Gasteiger charge is -2.19. The van der Waals surface area contributed by atoms with Crippen LogP contribution in [-0.4, -0.2) is 22.5 Å². The van der Waals surface area contributed by atoms with Crippen LogP contribution in [0.1, 0.15) is 17.4 Å². The lowest BCUT2D eigenvalue weighted by atomic mass is 9.97. The monoisotopic (exact) mass is 494 g/mol. The summed E-state index contributed by atoms with van der Waals surface area (Å²) in [6.45, 7) is 1.45. The topological polar surface area (TPSA) is 77.4 Å². The van der Waals surface area contributed by atoms with Gasteiger partial charge in [-0.2, -0.15) is 0 Å². The van der Waals surface area contributed by atoms with Gasteiger partial charge in [0.2, 0.25) is 0 Å². The van der Waals surface area contributed by atoms with E-state index >= 15 is 0 Å². The number of nitrogens with one attached hydrogen (secondary N) is 1. The summed E-state index contributed by atoms with van der Waals surface area (Å²) in [5, 5.41) is 4.37. The number of ether oxygens (including phenoxy) is 1. The van der Waals surface area contributed by atoms with Gasteiger partial charge in [0.1, 0.15) is 5.69 Å². The quantitative estimate of drug-likeness (QED) is 0.361. The number of halogens is 2. The molecule has 1 amide bonds. The minimum absolute atomic E-state index is 0.0593. The fourth-order valence-electron chi connectivity index (χ4n) is 3.69. The van der Waals surface area contributed by atoms with Crippen molar-refractivity contribution in [3.05, 3.63) is 98.9 Å². The summed E-state index contributed by atoms with van der Waals surface area (Å²) in [7, 11) is 1.51. The summed E-state index contributed by atoms with van der Waals surface area (Å²) in [4.78, 5) is 39.0. The molecule has 0 bridgehead atoms. The summed E-state index contributed by atoms with van der Waals surface area (Å²) in [6.07, 6.45) is -1.15. The average Bonchev–Trinajstić information content (AvgIpc) is 2.84. The number of aromatic nitrogens is 1. The number of rotatable bonds is 5. The van der Waals surface area contributed by atoms with Gasteiger partial charge in [0.05, 0.1) is 10.0 Å². The van der Waals surface area contributed by atoms with Gasteiger partial charge in [-0.15, -0.1) is 0 Å². The third-order valence-corrected chi connectivity index (χ3v) is 6.14. The molecule has 4 rings (SSSR count). The van der Waals surface area contributed by atoms with E-state index in [0.29, 0.717) is 27.0 Å². The molecule has 4 aromatic rings. The first-order valence-corrected chi connectivity index (χ1v) is 11.2. The van der Waals surface area contributed by atoms with Crippen LogP contribution < -0.4 is 10.9 Å². The fourth-order valence-corrected chi connectivity index (χ4v) is 3.99. The van der Waals surface area contributed by atoms with Crippen LogP contribution in [0.25, 0.3) is 21.9 Å². The van der Waals surface area contributed by atoms with Crippen molar-refractivity contribution in [2.75, 3.05) is 5.32 Å². The first-order chi connectivity index (χ1) is 16.3. The first kappa shape index (κ1) is 23.5. The fraction of sp³-hybridized carbons (Fsp3) is 0.115. The molecule has 0 aliphatic rings. The maximum atomic E-state index is 13.3. The Morgan fingerprint density at radius 1 is 0.912 bits per heavy atom. The van der Waals surface area contributed by atoms with E-state index in [1.165, 1.54) is 24.6 Å². The van der Waals surface area contributed by atoms with E-state index in [0.717, 1.165) is 5.56 Å². The molecule has 1 aromatic heterocycles. The molecule has 8 heteroatoms. The highest BCUT2D eigenvalue weighted by Crippen LogP contribution is 2.31. The van der Waals surface area contributed by atoms with Crippen LogP contribution in [0.4, 0.5) is 5.69 Å². The molecule has 172 valence electrons. The van der Waals surface area contributed by atoms with Crippen LogP contribution in [0.5, 0.6) is 0 Å². The number of fused-ring (bicyclic) bond motifs is 1. The van der Waals surface area contributed by atoms with Crippen LogP contribution in [0.15, 0.2) is 77.6 Å². The van der Waals surface area contributed by atoms with E-state index in [1.54, 1.807) is 36.4 Å². The number of hydrogen-bond acceptors (Lipinski definition) is 4. The van der Waals surface area contributed by atoms with Crippen molar-refractivity contribution in [2.45, 2.75) is 13.0 Å². The number of pyridine rings is 1. The molecule has 0 fully saturated rings. The van der Waals surface area contributed by atoms with Crippen molar-refractivity contribution in [3.63, 3.8) is 0 Å². The molecule has 0 saturated heterocycles. The number of amides is 1. The zero-order chi connectivity index (χ0) is 24.4. The summed E-state index contributed by atoms with van der Waals surface area (Å²) < 4.78 is 6.76. The van der Waals surface area contributed by atoms with Crippen molar-refractivity contribution >= 4 is 51.5 Å². The molecule has 0 spiro atoms. The number of hydrogen-bond donors (Lipinski definition) is 1. The smallest absolute Gasteiger partial charge is 0.356 e. The first-order valence-electron chi connectivity index (χ1n) is 10.4. The second-order valence-corrected chi connectivity index (χ2v) is 8.48. The molecule has 0 aliphatic heterocycles. The van der Waals surface area contributed by atoms with Gasteiger partial charge < -0.3 is 14.6 Å². The molecule has 1 heterocycles. The Morgan fingerprint density at radius 2 is 1.56 bits per heavy atom. The van der Waals surface area contributed by atoms with Crippen molar-refractivity contribution < 1.29 is 14.3 Å². The highest BCUT2D eigenvalue weighted by Gasteiger charge is 2.26. The van der Waals surface area contributed by atoms with E-state index in [9.17, 15) is 14.4 Å². The molecule has 1 atom stereocenters. The van der Waals surface area contributed by atoms with E-state index in [-0.39, 0.29) is 16.3 Å². The summed E-state index contributed by atoms with van der Waals surface area (Å²) in [5.41, 5.74) is 1.43. The third-order valence-electron chi connectivity index (χ3n) is 5.40. The minimum atomic E-state index is -1.15. The predicted molar refractivity (Wildman–Crippen MR) is 135 cm³/mol. The van der Waals surface area contributed by atoms with E-state index < -0.39 is 18.0 Å². The average molecular weight is 495 g/mol. The number of anilines is 1. The standard InChI is InChI=1S/C26H20Cl2N2O4/c1-15(24(31)29-17-12-13-20(27)21(28)14-17)34-26(33)23-22(16-8-4-3-5-9-16)18-10-6-7-11-19(18)25(32)30(23)2/h3-15H,1-2H3,(H,29,31). The Hall–Kier alpha value is -3.61. The lowest BCUT2D eigenvalue weighted by molar-refractivity contribution is -0.123. The van der Waals surface area contributed by atoms with Crippen LogP contribution in [0, 0.1) is 0 Å². The highest BCUT2D eigenvalue weighted by atomic mass is 35.5. The summed E-state index contributed by atoms with van der Waals surface area (Å²) >= 11 is 11.9. The molecule has 3 aromatic carbocycles. The number of carbonyl (C=O) groups is 2. The van der Waals surface area contributed by atoms with Gasteiger partial charge in [0, 0.05) is 23.7 Å². The second-order valence-electron chi connectivity index (χ2n) is 7.67. The molecular formula is C26H20Cl2N2O4. The molecule has 0 aliphatic carbocycles. The van der Waals surface area contributed by atoms with Gasteiger partial charge in [0.15, 0.2) is 6.10 Å². The van der Waals surface area contributed by atoms with Gasteiger partial charge in [0.25, 0.3) is 11.5 Å². The Kier molecular flexibility index (Phi) is 6.72. The largest absolute Gasteiger partial charge is 0.448 e. The van der Waals surface area contributed by atoms with Crippen LogP contribution in [-0.2, 0) is 16.6 Å². The molecule has 1 unspecified atom stereocenters. The number of carbonyl (C=O) groups excluding carboxylic acids is 2. The zero-order valence-electron chi connectivity index (χ0n) is 18.3. The molecule has 0 saturated carbocycles. The second kappa shape index (κ2) is 9.71. The minimum Gasteiger partial charge on any atom is -0.448 e. The van der Waals surface area contributed by atoms with Crippen LogP contribution in [0.3, 0.4) is 0 Å².